The molecule has 1 atom stereocenters. The highest BCUT2D eigenvalue weighted by atomic mass is 16.5. The minimum Gasteiger partial charge on any atom is -0.480 e. The molecule has 0 aliphatic rings. The lowest BCUT2D eigenvalue weighted by atomic mass is 10.0. The monoisotopic (exact) mass is 340 g/mol. The van der Waals surface area contributed by atoms with Gasteiger partial charge in [-0.25, -0.2) is 0 Å². The van der Waals surface area contributed by atoms with Crippen LogP contribution < -0.4 is 15.8 Å². The Kier molecular flexibility index (Phi) is 5.80. The molecule has 25 heavy (non-hydrogen) atoms. The summed E-state index contributed by atoms with van der Waals surface area (Å²) >= 11 is 0. The first-order valence-electron chi connectivity index (χ1n) is 8.26. The SMILES string of the molecule is Cc1ccc(C(N)=O)c(OC(C)C(=O)Nc2ccccc2C(C)C)c1. The molecular weight excluding hydrogens is 316 g/mol. The Balaban J connectivity index is 2.17. The van der Waals surface area contributed by atoms with E-state index < -0.39 is 12.0 Å². The topological polar surface area (TPSA) is 81.4 Å². The van der Waals surface area contributed by atoms with Gasteiger partial charge in [-0.2, -0.15) is 0 Å². The third-order valence-electron chi connectivity index (χ3n) is 3.92. The Morgan fingerprint density at radius 2 is 1.76 bits per heavy atom. The fraction of sp³-hybridized carbons (Fsp3) is 0.300. The van der Waals surface area contributed by atoms with Crippen molar-refractivity contribution < 1.29 is 14.3 Å². The average molecular weight is 340 g/mol. The van der Waals surface area contributed by atoms with Gasteiger partial charge in [0.05, 0.1) is 5.56 Å². The summed E-state index contributed by atoms with van der Waals surface area (Å²) in [6, 6.07) is 12.7. The number of hydrogen-bond acceptors (Lipinski definition) is 3. The van der Waals surface area contributed by atoms with Crippen molar-refractivity contribution >= 4 is 17.5 Å². The summed E-state index contributed by atoms with van der Waals surface area (Å²) in [5.41, 5.74) is 8.36. The maximum Gasteiger partial charge on any atom is 0.265 e. The molecule has 0 heterocycles. The van der Waals surface area contributed by atoms with Crippen LogP contribution in [0.15, 0.2) is 42.5 Å². The van der Waals surface area contributed by atoms with E-state index in [-0.39, 0.29) is 17.4 Å². The van der Waals surface area contributed by atoms with E-state index in [9.17, 15) is 9.59 Å². The number of ether oxygens (including phenoxy) is 1. The quantitative estimate of drug-likeness (QED) is 0.842. The number of primary amides is 1. The molecular formula is C20H24N2O3. The molecule has 0 saturated carbocycles. The van der Waals surface area contributed by atoms with E-state index in [4.69, 9.17) is 10.5 Å². The lowest BCUT2D eigenvalue weighted by Gasteiger charge is -2.19. The van der Waals surface area contributed by atoms with E-state index >= 15 is 0 Å². The van der Waals surface area contributed by atoms with E-state index in [1.807, 2.05) is 31.2 Å². The molecule has 2 aromatic rings. The number of aryl methyl sites for hydroxylation is 1. The van der Waals surface area contributed by atoms with Gasteiger partial charge in [0.1, 0.15) is 5.75 Å². The van der Waals surface area contributed by atoms with Crippen LogP contribution in [0.25, 0.3) is 0 Å². The van der Waals surface area contributed by atoms with Crippen molar-refractivity contribution in [3.8, 4) is 5.75 Å². The molecule has 0 bridgehead atoms. The van der Waals surface area contributed by atoms with Crippen molar-refractivity contribution in [2.75, 3.05) is 5.32 Å². The van der Waals surface area contributed by atoms with E-state index in [1.54, 1.807) is 25.1 Å². The number of hydrogen-bond donors (Lipinski definition) is 2. The maximum absolute atomic E-state index is 12.5. The van der Waals surface area contributed by atoms with Gasteiger partial charge in [0.25, 0.3) is 11.8 Å². The number of amides is 2. The van der Waals surface area contributed by atoms with Gasteiger partial charge in [-0.3, -0.25) is 9.59 Å². The molecule has 0 aromatic heterocycles. The molecule has 2 aromatic carbocycles. The molecule has 0 radical (unpaired) electrons. The standard InChI is InChI=1S/C20H24N2O3/c1-12(2)15-7-5-6-8-17(15)22-20(24)14(4)25-18-11-13(3)9-10-16(18)19(21)23/h5-12,14H,1-4H3,(H2,21,23)(H,22,24). The van der Waals surface area contributed by atoms with Crippen molar-refractivity contribution in [3.63, 3.8) is 0 Å². The summed E-state index contributed by atoms with van der Waals surface area (Å²) in [5, 5.41) is 2.90. The second-order valence-electron chi connectivity index (χ2n) is 6.36. The number of nitrogens with two attached hydrogens (primary N) is 1. The van der Waals surface area contributed by atoms with Crippen LogP contribution in [0, 0.1) is 6.92 Å². The van der Waals surface area contributed by atoms with Crippen LogP contribution in [-0.2, 0) is 4.79 Å². The van der Waals surface area contributed by atoms with Crippen LogP contribution >= 0.6 is 0 Å². The van der Waals surface area contributed by atoms with Crippen molar-refractivity contribution in [3.05, 3.63) is 59.2 Å². The molecule has 1 unspecified atom stereocenters. The second kappa shape index (κ2) is 7.83. The summed E-state index contributed by atoms with van der Waals surface area (Å²) in [4.78, 5) is 24.0. The zero-order chi connectivity index (χ0) is 18.6. The second-order valence-corrected chi connectivity index (χ2v) is 6.36. The first kappa shape index (κ1) is 18.5. The summed E-state index contributed by atoms with van der Waals surface area (Å²) in [7, 11) is 0. The number of benzene rings is 2. The van der Waals surface area contributed by atoms with E-state index in [0.717, 1.165) is 16.8 Å². The Labute approximate surface area is 148 Å². The number of carbonyl (C=O) groups is 2. The normalized spacial score (nSPS) is 11.9. The van der Waals surface area contributed by atoms with Crippen LogP contribution in [0.2, 0.25) is 0 Å². The molecule has 0 saturated heterocycles. The molecule has 2 amide bonds. The summed E-state index contributed by atoms with van der Waals surface area (Å²) in [5.74, 6) is -0.281. The van der Waals surface area contributed by atoms with Crippen molar-refractivity contribution in [1.82, 2.24) is 0 Å². The molecule has 3 N–H and O–H groups in total. The predicted octanol–water partition coefficient (Wildman–Crippen LogP) is 3.62. The van der Waals surface area contributed by atoms with E-state index in [0.29, 0.717) is 5.75 Å². The third-order valence-corrected chi connectivity index (χ3v) is 3.92. The highest BCUT2D eigenvalue weighted by Crippen LogP contribution is 2.25. The largest absolute Gasteiger partial charge is 0.480 e. The fourth-order valence-corrected chi connectivity index (χ4v) is 2.52. The number of rotatable bonds is 6. The summed E-state index contributed by atoms with van der Waals surface area (Å²) in [6.45, 7) is 7.65. The average Bonchev–Trinajstić information content (AvgIpc) is 2.54. The fourth-order valence-electron chi connectivity index (χ4n) is 2.52. The van der Waals surface area contributed by atoms with Crippen LogP contribution in [0.4, 0.5) is 5.69 Å². The Hall–Kier alpha value is -2.82. The van der Waals surface area contributed by atoms with Gasteiger partial charge < -0.3 is 15.8 Å². The van der Waals surface area contributed by atoms with Gasteiger partial charge in [-0.05, 0) is 49.1 Å². The first-order chi connectivity index (χ1) is 11.8. The highest BCUT2D eigenvalue weighted by Gasteiger charge is 2.19. The van der Waals surface area contributed by atoms with Gasteiger partial charge in [0.15, 0.2) is 6.10 Å². The zero-order valence-corrected chi connectivity index (χ0v) is 15.0. The molecule has 5 nitrogen and oxygen atoms in total. The molecule has 0 spiro atoms. The molecule has 2 rings (SSSR count). The lowest BCUT2D eigenvalue weighted by molar-refractivity contribution is -0.122. The lowest BCUT2D eigenvalue weighted by Crippen LogP contribution is -2.31. The first-order valence-corrected chi connectivity index (χ1v) is 8.26. The van der Waals surface area contributed by atoms with Crippen molar-refractivity contribution in [2.45, 2.75) is 39.7 Å². The Morgan fingerprint density at radius 3 is 2.40 bits per heavy atom. The van der Waals surface area contributed by atoms with Gasteiger partial charge >= 0.3 is 0 Å². The summed E-state index contributed by atoms with van der Waals surface area (Å²) < 4.78 is 5.71. The zero-order valence-electron chi connectivity index (χ0n) is 15.0. The third kappa shape index (κ3) is 4.59. The van der Waals surface area contributed by atoms with Gasteiger partial charge in [-0.1, -0.05) is 38.1 Å². The number of carbonyl (C=O) groups excluding carboxylic acids is 2. The summed E-state index contributed by atoms with van der Waals surface area (Å²) in [6.07, 6.45) is -0.778. The molecule has 0 fully saturated rings. The minimum absolute atomic E-state index is 0.257. The number of nitrogens with one attached hydrogen (secondary N) is 1. The van der Waals surface area contributed by atoms with Gasteiger partial charge in [0.2, 0.25) is 0 Å². The van der Waals surface area contributed by atoms with Crippen LogP contribution in [0.3, 0.4) is 0 Å². The van der Waals surface area contributed by atoms with Crippen LogP contribution in [0.1, 0.15) is 48.2 Å². The number of para-hydroxylation sites is 1. The smallest absolute Gasteiger partial charge is 0.265 e. The Bertz CT molecular complexity index is 784. The minimum atomic E-state index is -0.778. The molecule has 0 aliphatic carbocycles. The van der Waals surface area contributed by atoms with E-state index in [1.165, 1.54) is 0 Å². The Morgan fingerprint density at radius 1 is 1.08 bits per heavy atom. The van der Waals surface area contributed by atoms with Crippen molar-refractivity contribution in [2.24, 2.45) is 5.73 Å². The maximum atomic E-state index is 12.5. The van der Waals surface area contributed by atoms with Gasteiger partial charge in [0, 0.05) is 5.69 Å². The number of anilines is 1. The highest BCUT2D eigenvalue weighted by molar-refractivity contribution is 5.97. The molecule has 5 heteroatoms. The predicted molar refractivity (Wildman–Crippen MR) is 98.9 cm³/mol. The van der Waals surface area contributed by atoms with Crippen molar-refractivity contribution in [1.29, 1.82) is 0 Å². The van der Waals surface area contributed by atoms with Gasteiger partial charge in [-0.15, -0.1) is 0 Å². The molecule has 0 aliphatic heterocycles. The molecule has 132 valence electrons. The van der Waals surface area contributed by atoms with E-state index in [2.05, 4.69) is 19.2 Å². The van der Waals surface area contributed by atoms with Crippen LogP contribution in [-0.4, -0.2) is 17.9 Å². The van der Waals surface area contributed by atoms with Crippen LogP contribution in [0.5, 0.6) is 5.75 Å².